The van der Waals surface area contributed by atoms with Gasteiger partial charge in [0.15, 0.2) is 6.04 Å². The average Bonchev–Trinajstić information content (AvgIpc) is 2.36. The Morgan fingerprint density at radius 1 is 1.32 bits per heavy atom. The summed E-state index contributed by atoms with van der Waals surface area (Å²) in [5.41, 5.74) is 5.59. The Morgan fingerprint density at radius 2 is 1.89 bits per heavy atom. The lowest BCUT2D eigenvalue weighted by atomic mass is 9.71. The molecule has 19 heavy (non-hydrogen) atoms. The lowest BCUT2D eigenvalue weighted by Crippen LogP contribution is -2.49. The summed E-state index contributed by atoms with van der Waals surface area (Å²) >= 11 is 0. The van der Waals surface area contributed by atoms with E-state index in [0.717, 1.165) is 32.1 Å². The van der Waals surface area contributed by atoms with Crippen molar-refractivity contribution >= 4 is 11.9 Å². The molecule has 0 aromatic rings. The summed E-state index contributed by atoms with van der Waals surface area (Å²) in [6.45, 7) is 1.78. The molecule has 1 amide bonds. The highest BCUT2D eigenvalue weighted by molar-refractivity contribution is 5.84. The van der Waals surface area contributed by atoms with Crippen molar-refractivity contribution in [2.75, 3.05) is 6.54 Å². The van der Waals surface area contributed by atoms with Gasteiger partial charge in [0.1, 0.15) is 0 Å². The third-order valence-corrected chi connectivity index (χ3v) is 3.95. The maximum Gasteiger partial charge on any atom is 0.328 e. The number of amides is 1. The first-order valence-corrected chi connectivity index (χ1v) is 6.80. The molecule has 0 aliphatic heterocycles. The minimum atomic E-state index is -1.26. The van der Waals surface area contributed by atoms with Crippen LogP contribution in [0.4, 0.5) is 0 Å². The predicted octanol–water partition coefficient (Wildman–Crippen LogP) is 0.236. The highest BCUT2D eigenvalue weighted by Gasteiger charge is 2.34. The standard InChI is InChI=1S/C13H24N2O4/c1-9(16)11(12(18)19)15-10(17)7-13(8-14)5-3-2-4-6-13/h9,11,16H,2-8,14H2,1H3,(H,15,17)(H,18,19)/t9-,11+/m1/s1. The van der Waals surface area contributed by atoms with Gasteiger partial charge in [-0.15, -0.1) is 0 Å². The molecule has 2 atom stereocenters. The number of nitrogens with two attached hydrogens (primary N) is 1. The highest BCUT2D eigenvalue weighted by Crippen LogP contribution is 2.38. The van der Waals surface area contributed by atoms with E-state index in [2.05, 4.69) is 5.32 Å². The molecule has 6 nitrogen and oxygen atoms in total. The maximum atomic E-state index is 12.0. The number of carboxylic acid groups (broad SMARTS) is 1. The van der Waals surface area contributed by atoms with Crippen LogP contribution in [-0.2, 0) is 9.59 Å². The van der Waals surface area contributed by atoms with Crippen molar-refractivity contribution in [3.05, 3.63) is 0 Å². The summed E-state index contributed by atoms with van der Waals surface area (Å²) < 4.78 is 0. The smallest absolute Gasteiger partial charge is 0.328 e. The molecule has 0 spiro atoms. The molecule has 5 N–H and O–H groups in total. The van der Waals surface area contributed by atoms with Gasteiger partial charge in [0.05, 0.1) is 6.10 Å². The first kappa shape index (κ1) is 15.9. The Morgan fingerprint density at radius 3 is 2.32 bits per heavy atom. The molecule has 0 radical (unpaired) electrons. The van der Waals surface area contributed by atoms with Crippen LogP contribution in [-0.4, -0.2) is 40.8 Å². The number of carbonyl (C=O) groups excluding carboxylic acids is 1. The van der Waals surface area contributed by atoms with Gasteiger partial charge in [0, 0.05) is 6.42 Å². The van der Waals surface area contributed by atoms with E-state index in [4.69, 9.17) is 10.8 Å². The number of hydrogen-bond acceptors (Lipinski definition) is 4. The number of aliphatic hydroxyl groups is 1. The van der Waals surface area contributed by atoms with Crippen molar-refractivity contribution < 1.29 is 19.8 Å². The first-order chi connectivity index (χ1) is 8.90. The van der Waals surface area contributed by atoms with Gasteiger partial charge in [-0.05, 0) is 31.7 Å². The van der Waals surface area contributed by atoms with Gasteiger partial charge in [-0.25, -0.2) is 4.79 Å². The molecule has 1 saturated carbocycles. The number of carboxylic acids is 1. The van der Waals surface area contributed by atoms with Crippen molar-refractivity contribution in [2.24, 2.45) is 11.1 Å². The molecule has 1 fully saturated rings. The van der Waals surface area contributed by atoms with Crippen LogP contribution in [0.1, 0.15) is 45.4 Å². The van der Waals surface area contributed by atoms with E-state index < -0.39 is 18.1 Å². The molecule has 0 aromatic carbocycles. The SMILES string of the molecule is C[C@@H](O)[C@H](NC(=O)CC1(CN)CCCCC1)C(=O)O. The Kier molecular flexibility index (Phi) is 5.75. The largest absolute Gasteiger partial charge is 0.480 e. The summed E-state index contributed by atoms with van der Waals surface area (Å²) in [6.07, 6.45) is 4.20. The topological polar surface area (TPSA) is 113 Å². The normalized spacial score (nSPS) is 21.4. The lowest BCUT2D eigenvalue weighted by Gasteiger charge is -2.36. The van der Waals surface area contributed by atoms with E-state index in [-0.39, 0.29) is 17.7 Å². The summed E-state index contributed by atoms with van der Waals surface area (Å²) in [6, 6.07) is -1.26. The zero-order chi connectivity index (χ0) is 14.5. The Balaban J connectivity index is 2.59. The molecule has 0 heterocycles. The van der Waals surface area contributed by atoms with Crippen molar-refractivity contribution in [3.8, 4) is 0 Å². The van der Waals surface area contributed by atoms with Gasteiger partial charge in [-0.2, -0.15) is 0 Å². The van der Waals surface area contributed by atoms with Crippen molar-refractivity contribution in [2.45, 2.75) is 57.6 Å². The van der Waals surface area contributed by atoms with Gasteiger partial charge in [-0.1, -0.05) is 19.3 Å². The third-order valence-electron chi connectivity index (χ3n) is 3.95. The predicted molar refractivity (Wildman–Crippen MR) is 70.4 cm³/mol. The van der Waals surface area contributed by atoms with E-state index in [1.165, 1.54) is 6.92 Å². The van der Waals surface area contributed by atoms with Crippen LogP contribution in [0.25, 0.3) is 0 Å². The molecular weight excluding hydrogens is 248 g/mol. The number of aliphatic carboxylic acids is 1. The summed E-state index contributed by atoms with van der Waals surface area (Å²) in [7, 11) is 0. The average molecular weight is 272 g/mol. The van der Waals surface area contributed by atoms with Crippen LogP contribution >= 0.6 is 0 Å². The molecule has 1 rings (SSSR count). The number of hydrogen-bond donors (Lipinski definition) is 4. The molecule has 1 aliphatic rings. The zero-order valence-electron chi connectivity index (χ0n) is 11.4. The molecule has 0 bridgehead atoms. The molecule has 0 aromatic heterocycles. The minimum Gasteiger partial charge on any atom is -0.480 e. The van der Waals surface area contributed by atoms with Gasteiger partial charge in [-0.3, -0.25) is 4.79 Å². The monoisotopic (exact) mass is 272 g/mol. The van der Waals surface area contributed by atoms with Crippen LogP contribution in [0.3, 0.4) is 0 Å². The summed E-state index contributed by atoms with van der Waals surface area (Å²) in [5.74, 6) is -1.57. The number of aliphatic hydroxyl groups excluding tert-OH is 1. The quantitative estimate of drug-likeness (QED) is 0.553. The second kappa shape index (κ2) is 6.86. The Labute approximate surface area is 113 Å². The minimum absolute atomic E-state index is 0.204. The van der Waals surface area contributed by atoms with Gasteiger partial charge in [0.2, 0.25) is 5.91 Å². The second-order valence-corrected chi connectivity index (χ2v) is 5.57. The third kappa shape index (κ3) is 4.47. The van der Waals surface area contributed by atoms with E-state index in [1.54, 1.807) is 0 Å². The van der Waals surface area contributed by atoms with E-state index in [1.807, 2.05) is 0 Å². The Bertz CT molecular complexity index is 325. The van der Waals surface area contributed by atoms with Crippen LogP contribution in [0.15, 0.2) is 0 Å². The van der Waals surface area contributed by atoms with E-state index >= 15 is 0 Å². The fraction of sp³-hybridized carbons (Fsp3) is 0.846. The lowest BCUT2D eigenvalue weighted by molar-refractivity contribution is -0.145. The Hall–Kier alpha value is -1.14. The summed E-state index contributed by atoms with van der Waals surface area (Å²) in [4.78, 5) is 22.9. The van der Waals surface area contributed by atoms with Crippen LogP contribution in [0.2, 0.25) is 0 Å². The fourth-order valence-electron chi connectivity index (χ4n) is 2.71. The van der Waals surface area contributed by atoms with E-state index in [0.29, 0.717) is 6.54 Å². The first-order valence-electron chi connectivity index (χ1n) is 6.80. The van der Waals surface area contributed by atoms with E-state index in [9.17, 15) is 14.7 Å². The van der Waals surface area contributed by atoms with Crippen LogP contribution in [0, 0.1) is 5.41 Å². The van der Waals surface area contributed by atoms with Crippen LogP contribution in [0.5, 0.6) is 0 Å². The molecule has 110 valence electrons. The van der Waals surface area contributed by atoms with Crippen molar-refractivity contribution in [3.63, 3.8) is 0 Å². The molecule has 0 unspecified atom stereocenters. The van der Waals surface area contributed by atoms with Gasteiger partial charge in [0.25, 0.3) is 0 Å². The molecule has 1 aliphatic carbocycles. The summed E-state index contributed by atoms with van der Waals surface area (Å²) in [5, 5.41) is 20.6. The molecule has 0 saturated heterocycles. The molecule has 6 heteroatoms. The molecular formula is C13H24N2O4. The fourth-order valence-corrected chi connectivity index (χ4v) is 2.71. The number of carbonyl (C=O) groups is 2. The maximum absolute atomic E-state index is 12.0. The van der Waals surface area contributed by atoms with Crippen molar-refractivity contribution in [1.82, 2.24) is 5.32 Å². The number of rotatable bonds is 6. The van der Waals surface area contributed by atoms with Crippen molar-refractivity contribution in [1.29, 1.82) is 0 Å². The zero-order valence-corrected chi connectivity index (χ0v) is 11.4. The number of nitrogens with one attached hydrogen (secondary N) is 1. The van der Waals surface area contributed by atoms with Crippen LogP contribution < -0.4 is 11.1 Å². The second-order valence-electron chi connectivity index (χ2n) is 5.57. The van der Waals surface area contributed by atoms with Gasteiger partial charge >= 0.3 is 5.97 Å². The highest BCUT2D eigenvalue weighted by atomic mass is 16.4. The van der Waals surface area contributed by atoms with Gasteiger partial charge < -0.3 is 21.3 Å².